The van der Waals surface area contributed by atoms with Crippen LogP contribution in [-0.2, 0) is 6.54 Å². The Morgan fingerprint density at radius 2 is 1.91 bits per heavy atom. The molecule has 0 N–H and O–H groups in total. The van der Waals surface area contributed by atoms with Crippen molar-refractivity contribution >= 4 is 22.6 Å². The third-order valence-electron chi connectivity index (χ3n) is 3.87. The number of hydrogen-bond acceptors (Lipinski definition) is 2. The van der Waals surface area contributed by atoms with Crippen LogP contribution in [0.25, 0.3) is 22.1 Å². The standard InChI is InChI=1S/C18H12N4O/c19-11-14-13(12-21-8-4-1-5-9-21)10-17(23)22-16-7-3-2-6-15(16)20-18(14)22/h1-10H,12H2. The van der Waals surface area contributed by atoms with Crippen LogP contribution in [0.4, 0.5) is 0 Å². The molecule has 0 spiro atoms. The van der Waals surface area contributed by atoms with Gasteiger partial charge in [-0.3, -0.25) is 15.1 Å². The van der Waals surface area contributed by atoms with E-state index < -0.39 is 0 Å². The van der Waals surface area contributed by atoms with Crippen molar-refractivity contribution in [3.8, 4) is 0 Å². The number of aromatic nitrogens is 3. The van der Waals surface area contributed by atoms with Crippen LogP contribution < -0.4 is 15.3 Å². The van der Waals surface area contributed by atoms with Crippen molar-refractivity contribution in [2.24, 2.45) is 0 Å². The van der Waals surface area contributed by atoms with Gasteiger partial charge in [-0.2, -0.15) is 0 Å². The maximum atomic E-state index is 12.5. The summed E-state index contributed by atoms with van der Waals surface area (Å²) in [6.07, 6.45) is 3.80. The van der Waals surface area contributed by atoms with Gasteiger partial charge in [0, 0.05) is 29.0 Å². The van der Waals surface area contributed by atoms with Crippen molar-refractivity contribution in [3.63, 3.8) is 0 Å². The minimum atomic E-state index is -0.167. The summed E-state index contributed by atoms with van der Waals surface area (Å²) < 4.78 is 3.43. The summed E-state index contributed by atoms with van der Waals surface area (Å²) in [6, 6.07) is 14.7. The van der Waals surface area contributed by atoms with Gasteiger partial charge in [-0.05, 0) is 12.1 Å². The average Bonchev–Trinajstić information content (AvgIpc) is 2.96. The predicted octanol–water partition coefficient (Wildman–Crippen LogP) is 0.813. The molecule has 0 radical (unpaired) electrons. The largest absolute Gasteiger partial charge is 0.763 e. The quantitative estimate of drug-likeness (QED) is 0.406. The number of hydrogen-bond donors (Lipinski definition) is 0. The predicted molar refractivity (Wildman–Crippen MR) is 87.4 cm³/mol. The number of fused-ring (bicyclic) bond motifs is 3. The van der Waals surface area contributed by atoms with Crippen LogP contribution in [-0.4, -0.2) is 15.3 Å². The lowest BCUT2D eigenvalue weighted by Gasteiger charge is -2.01. The summed E-state index contributed by atoms with van der Waals surface area (Å²) >= 11 is 0. The van der Waals surface area contributed by atoms with E-state index in [1.54, 1.807) is 0 Å². The summed E-state index contributed by atoms with van der Waals surface area (Å²) in [7, 11) is 0. The molecule has 5 nitrogen and oxygen atoms in total. The minimum absolute atomic E-state index is 0.167. The first-order valence-electron chi connectivity index (χ1n) is 7.22. The molecule has 0 bridgehead atoms. The van der Waals surface area contributed by atoms with E-state index >= 15 is 0 Å². The van der Waals surface area contributed by atoms with Crippen LogP contribution in [0.3, 0.4) is 0 Å². The molecule has 0 aliphatic heterocycles. The lowest BCUT2D eigenvalue weighted by atomic mass is 10.2. The Balaban J connectivity index is 2.06. The molecule has 5 heteroatoms. The Bertz CT molecular complexity index is 1160. The first-order valence-corrected chi connectivity index (χ1v) is 7.22. The van der Waals surface area contributed by atoms with Crippen molar-refractivity contribution < 1.29 is 4.57 Å². The van der Waals surface area contributed by atoms with E-state index in [2.05, 4.69) is 10.9 Å². The van der Waals surface area contributed by atoms with Gasteiger partial charge in [0.05, 0.1) is 11.0 Å². The van der Waals surface area contributed by atoms with Gasteiger partial charge in [0.2, 0.25) is 0 Å². The fourth-order valence-corrected chi connectivity index (χ4v) is 2.83. The average molecular weight is 300 g/mol. The molecule has 0 unspecified atom stereocenters. The summed E-state index contributed by atoms with van der Waals surface area (Å²) in [5.41, 5.74) is 2.37. The molecule has 1 aromatic carbocycles. The van der Waals surface area contributed by atoms with Crippen molar-refractivity contribution in [1.29, 1.82) is 0 Å². The van der Waals surface area contributed by atoms with E-state index in [0.717, 1.165) is 5.52 Å². The number of rotatable bonds is 2. The lowest BCUT2D eigenvalue weighted by Crippen LogP contribution is -2.37. The zero-order valence-corrected chi connectivity index (χ0v) is 12.2. The van der Waals surface area contributed by atoms with Gasteiger partial charge < -0.3 is 5.41 Å². The number of benzene rings is 1. The molecule has 0 atom stereocenters. The maximum Gasteiger partial charge on any atom is 0.257 e. The number of para-hydroxylation sites is 2. The molecule has 4 aromatic rings. The Morgan fingerprint density at radius 1 is 1.13 bits per heavy atom. The van der Waals surface area contributed by atoms with Gasteiger partial charge in [-0.15, -0.1) is 0 Å². The molecular weight excluding hydrogens is 288 g/mol. The topological polar surface area (TPSA) is 60.5 Å². The molecule has 3 aromatic heterocycles. The summed E-state index contributed by atoms with van der Waals surface area (Å²) in [6.45, 7) is 0.457. The van der Waals surface area contributed by atoms with E-state index in [9.17, 15) is 10.2 Å². The van der Waals surface area contributed by atoms with Crippen LogP contribution in [0.15, 0.2) is 65.7 Å². The minimum Gasteiger partial charge on any atom is -0.763 e. The van der Waals surface area contributed by atoms with Gasteiger partial charge in [0.1, 0.15) is 0 Å². The Morgan fingerprint density at radius 3 is 2.70 bits per heavy atom. The molecule has 0 aliphatic rings. The van der Waals surface area contributed by atoms with Gasteiger partial charge in [0.25, 0.3) is 5.56 Å². The van der Waals surface area contributed by atoms with Gasteiger partial charge in [-0.25, -0.2) is 9.55 Å². The molecule has 110 valence electrons. The van der Waals surface area contributed by atoms with E-state index in [1.165, 1.54) is 10.5 Å². The fraction of sp³-hybridized carbons (Fsp3) is 0.0556. The molecule has 0 fully saturated rings. The number of imidazole rings is 1. The first-order chi connectivity index (χ1) is 11.3. The second-order valence-corrected chi connectivity index (χ2v) is 5.30. The second-order valence-electron chi connectivity index (χ2n) is 5.30. The van der Waals surface area contributed by atoms with Crippen LogP contribution >= 0.6 is 0 Å². The van der Waals surface area contributed by atoms with Crippen LogP contribution in [0, 0.1) is 0 Å². The number of nitrogens with zero attached hydrogens (tertiary/aromatic N) is 4. The monoisotopic (exact) mass is 300 g/mol. The molecule has 4 rings (SSSR count). The second kappa shape index (κ2) is 5.16. The first kappa shape index (κ1) is 13.4. The van der Waals surface area contributed by atoms with Crippen molar-refractivity contribution in [2.45, 2.75) is 6.54 Å². The van der Waals surface area contributed by atoms with Gasteiger partial charge >= 0.3 is 0 Å². The highest BCUT2D eigenvalue weighted by Crippen LogP contribution is 2.12. The third-order valence-corrected chi connectivity index (χ3v) is 3.87. The molecule has 0 saturated heterocycles. The summed E-state index contributed by atoms with van der Waals surface area (Å²) in [5.74, 6) is 2.21. The van der Waals surface area contributed by atoms with Crippen molar-refractivity contribution in [3.05, 3.63) is 87.5 Å². The fourth-order valence-electron chi connectivity index (χ4n) is 2.83. The Labute approximate surface area is 131 Å². The van der Waals surface area contributed by atoms with Gasteiger partial charge in [-0.1, -0.05) is 18.2 Å². The zero-order valence-electron chi connectivity index (χ0n) is 12.2. The van der Waals surface area contributed by atoms with E-state index in [4.69, 9.17) is 0 Å². The SMILES string of the molecule is [N-]=C=c1c(C[n+]2ccccc2)cc(=O)n2c1nc1ccccc12. The van der Waals surface area contributed by atoms with Crippen LogP contribution in [0.5, 0.6) is 0 Å². The highest BCUT2D eigenvalue weighted by Gasteiger charge is 2.13. The van der Waals surface area contributed by atoms with E-state index in [1.807, 2.05) is 59.4 Å². The molecule has 0 saturated carbocycles. The van der Waals surface area contributed by atoms with E-state index in [0.29, 0.717) is 28.5 Å². The number of pyridine rings is 2. The normalized spacial score (nSPS) is 11.0. The molecule has 3 heterocycles. The smallest absolute Gasteiger partial charge is 0.257 e. The summed E-state index contributed by atoms with van der Waals surface area (Å²) in [5, 5.41) is 10.0. The van der Waals surface area contributed by atoms with Crippen LogP contribution in [0.2, 0.25) is 0 Å². The van der Waals surface area contributed by atoms with Crippen molar-refractivity contribution in [1.82, 2.24) is 9.38 Å². The maximum absolute atomic E-state index is 12.5. The molecule has 23 heavy (non-hydrogen) atoms. The summed E-state index contributed by atoms with van der Waals surface area (Å²) in [4.78, 5) is 17.0. The third kappa shape index (κ3) is 2.11. The highest BCUT2D eigenvalue weighted by atomic mass is 16.1. The van der Waals surface area contributed by atoms with Crippen molar-refractivity contribution in [2.75, 3.05) is 0 Å². The molecular formula is C18H12N4O. The van der Waals surface area contributed by atoms with E-state index in [-0.39, 0.29) is 5.56 Å². The lowest BCUT2D eigenvalue weighted by molar-refractivity contribution is -0.688. The molecule has 0 amide bonds. The molecule has 0 aliphatic carbocycles. The Kier molecular flexibility index (Phi) is 3.00. The highest BCUT2D eigenvalue weighted by molar-refractivity contribution is 5.82. The zero-order chi connectivity index (χ0) is 15.8. The van der Waals surface area contributed by atoms with Crippen LogP contribution in [0.1, 0.15) is 5.56 Å². The van der Waals surface area contributed by atoms with Gasteiger partial charge in [0.15, 0.2) is 24.6 Å². The Hall–Kier alpha value is -3.30.